The number of rotatable bonds is 5. The standard InChI is InChI=1S/C24H27F3N6O3/c1-23(2,3)36-22(34)32-12-19(33-11-18(30-31-33)16-6-9-21(28)29-10-16)20(13-32)35-14-15-4-7-17(8-5-15)24(25,26)27/h4-11,19-20H,12-14H2,1-3H3,(H2,28,29)/t19-,20-/m1/s1. The second-order valence-corrected chi connectivity index (χ2v) is 9.55. The molecule has 1 aliphatic rings. The number of ether oxygens (including phenoxy) is 2. The third-order valence-electron chi connectivity index (χ3n) is 5.57. The van der Waals surface area contributed by atoms with Crippen molar-refractivity contribution in [2.75, 3.05) is 18.8 Å². The number of carbonyl (C=O) groups excluding carboxylic acids is 1. The van der Waals surface area contributed by atoms with Crippen LogP contribution in [0.3, 0.4) is 0 Å². The summed E-state index contributed by atoms with van der Waals surface area (Å²) in [6.07, 6.45) is -2.08. The molecule has 1 fully saturated rings. The first kappa shape index (κ1) is 25.4. The Balaban J connectivity index is 1.52. The van der Waals surface area contributed by atoms with Crippen LogP contribution in [0.1, 0.15) is 37.9 Å². The normalized spacial score (nSPS) is 18.4. The van der Waals surface area contributed by atoms with Gasteiger partial charge in [0.2, 0.25) is 0 Å². The highest BCUT2D eigenvalue weighted by Gasteiger charge is 2.40. The maximum absolute atomic E-state index is 12.9. The van der Waals surface area contributed by atoms with Crippen LogP contribution in [0.2, 0.25) is 0 Å². The van der Waals surface area contributed by atoms with E-state index in [-0.39, 0.29) is 19.7 Å². The summed E-state index contributed by atoms with van der Waals surface area (Å²) in [6, 6.07) is 7.82. The van der Waals surface area contributed by atoms with Gasteiger partial charge in [0.05, 0.1) is 37.1 Å². The summed E-state index contributed by atoms with van der Waals surface area (Å²) < 4.78 is 51.8. The Kier molecular flexibility index (Phi) is 6.90. The molecule has 3 aromatic rings. The number of benzene rings is 1. The lowest BCUT2D eigenvalue weighted by atomic mass is 10.1. The molecule has 0 saturated carbocycles. The summed E-state index contributed by atoms with van der Waals surface area (Å²) in [7, 11) is 0. The van der Waals surface area contributed by atoms with Gasteiger partial charge in [-0.3, -0.25) is 0 Å². The third-order valence-corrected chi connectivity index (χ3v) is 5.57. The first-order valence-electron chi connectivity index (χ1n) is 11.3. The van der Waals surface area contributed by atoms with Crippen molar-refractivity contribution in [1.82, 2.24) is 24.9 Å². The van der Waals surface area contributed by atoms with Crippen LogP contribution in [-0.2, 0) is 22.3 Å². The van der Waals surface area contributed by atoms with Crippen molar-refractivity contribution in [3.05, 3.63) is 59.9 Å². The second-order valence-electron chi connectivity index (χ2n) is 9.55. The average Bonchev–Trinajstić information content (AvgIpc) is 3.44. The van der Waals surface area contributed by atoms with Crippen LogP contribution in [0.25, 0.3) is 11.3 Å². The SMILES string of the molecule is CC(C)(C)OC(=O)N1C[C@@H](n2cc(-c3ccc(N)nc3)nn2)[C@H](OCc2ccc(C(F)(F)F)cc2)C1. The van der Waals surface area contributed by atoms with E-state index in [0.717, 1.165) is 17.7 Å². The molecule has 0 radical (unpaired) electrons. The minimum Gasteiger partial charge on any atom is -0.444 e. The maximum Gasteiger partial charge on any atom is 0.416 e. The van der Waals surface area contributed by atoms with Crippen LogP contribution in [0.15, 0.2) is 48.8 Å². The van der Waals surface area contributed by atoms with Crippen LogP contribution in [0, 0.1) is 0 Å². The molecule has 4 rings (SSSR count). The average molecular weight is 505 g/mol. The van der Waals surface area contributed by atoms with Crippen LogP contribution >= 0.6 is 0 Å². The second kappa shape index (κ2) is 9.76. The Bertz CT molecular complexity index is 1190. The summed E-state index contributed by atoms with van der Waals surface area (Å²) in [5.41, 5.74) is 6.12. The topological polar surface area (TPSA) is 108 Å². The van der Waals surface area contributed by atoms with Crippen LogP contribution in [0.5, 0.6) is 0 Å². The molecule has 9 nitrogen and oxygen atoms in total. The first-order valence-corrected chi connectivity index (χ1v) is 11.3. The first-order chi connectivity index (χ1) is 16.9. The highest BCUT2D eigenvalue weighted by Crippen LogP contribution is 2.31. The summed E-state index contributed by atoms with van der Waals surface area (Å²) in [4.78, 5) is 18.3. The number of nitrogens with two attached hydrogens (primary N) is 1. The summed E-state index contributed by atoms with van der Waals surface area (Å²) in [5, 5.41) is 8.44. The largest absolute Gasteiger partial charge is 0.444 e. The molecule has 1 aromatic carbocycles. The van der Waals surface area contributed by atoms with E-state index in [1.165, 1.54) is 17.0 Å². The van der Waals surface area contributed by atoms with Crippen molar-refractivity contribution < 1.29 is 27.4 Å². The fraction of sp³-hybridized carbons (Fsp3) is 0.417. The highest BCUT2D eigenvalue weighted by molar-refractivity contribution is 5.68. The molecule has 2 aromatic heterocycles. The lowest BCUT2D eigenvalue weighted by molar-refractivity contribution is -0.137. The predicted molar refractivity (Wildman–Crippen MR) is 125 cm³/mol. The third kappa shape index (κ3) is 6.11. The lowest BCUT2D eigenvalue weighted by Crippen LogP contribution is -2.36. The van der Waals surface area contributed by atoms with E-state index in [1.54, 1.807) is 50.0 Å². The molecule has 2 atom stereocenters. The molecule has 0 unspecified atom stereocenters. The molecule has 0 bridgehead atoms. The van der Waals surface area contributed by atoms with Crippen molar-refractivity contribution in [2.45, 2.75) is 51.3 Å². The van der Waals surface area contributed by atoms with Gasteiger partial charge in [0.15, 0.2) is 0 Å². The molecule has 1 saturated heterocycles. The molecule has 12 heteroatoms. The number of nitrogens with zero attached hydrogens (tertiary/aromatic N) is 5. The number of likely N-dealkylation sites (tertiary alicyclic amines) is 1. The number of anilines is 1. The summed E-state index contributed by atoms with van der Waals surface area (Å²) in [6.45, 7) is 5.88. The number of hydrogen-bond donors (Lipinski definition) is 1. The quantitative estimate of drug-likeness (QED) is 0.551. The number of aromatic nitrogens is 4. The fourth-order valence-corrected chi connectivity index (χ4v) is 3.77. The van der Waals surface area contributed by atoms with Gasteiger partial charge >= 0.3 is 12.3 Å². The van der Waals surface area contributed by atoms with E-state index >= 15 is 0 Å². The van der Waals surface area contributed by atoms with Gasteiger partial charge < -0.3 is 20.1 Å². The van der Waals surface area contributed by atoms with E-state index in [1.807, 2.05) is 0 Å². The van der Waals surface area contributed by atoms with Gasteiger partial charge in [-0.05, 0) is 50.6 Å². The van der Waals surface area contributed by atoms with E-state index in [9.17, 15) is 18.0 Å². The zero-order chi connectivity index (χ0) is 26.1. The Hall–Kier alpha value is -3.67. The lowest BCUT2D eigenvalue weighted by Gasteiger charge is -2.24. The number of halogens is 3. The van der Waals surface area contributed by atoms with E-state index in [4.69, 9.17) is 15.2 Å². The molecule has 0 aliphatic carbocycles. The van der Waals surface area contributed by atoms with Crippen LogP contribution in [-0.4, -0.2) is 55.8 Å². The number of hydrogen-bond acceptors (Lipinski definition) is 7. The smallest absolute Gasteiger partial charge is 0.416 e. The number of alkyl halides is 3. The molecule has 192 valence electrons. The fourth-order valence-electron chi connectivity index (χ4n) is 3.77. The monoisotopic (exact) mass is 504 g/mol. The van der Waals surface area contributed by atoms with Crippen molar-refractivity contribution in [3.63, 3.8) is 0 Å². The number of nitrogen functional groups attached to an aromatic ring is 1. The Morgan fingerprint density at radius 3 is 2.44 bits per heavy atom. The number of carbonyl (C=O) groups is 1. The molecular formula is C24H27F3N6O3. The van der Waals surface area contributed by atoms with Crippen LogP contribution in [0.4, 0.5) is 23.8 Å². The van der Waals surface area contributed by atoms with E-state index in [2.05, 4.69) is 15.3 Å². The van der Waals surface area contributed by atoms with Gasteiger partial charge in [0.25, 0.3) is 0 Å². The van der Waals surface area contributed by atoms with Crippen molar-refractivity contribution in [2.24, 2.45) is 0 Å². The Morgan fingerprint density at radius 2 is 1.83 bits per heavy atom. The zero-order valence-corrected chi connectivity index (χ0v) is 20.1. The molecule has 0 spiro atoms. The van der Waals surface area contributed by atoms with E-state index < -0.39 is 35.6 Å². The van der Waals surface area contributed by atoms with Gasteiger partial charge in [0, 0.05) is 18.3 Å². The summed E-state index contributed by atoms with van der Waals surface area (Å²) >= 11 is 0. The van der Waals surface area contributed by atoms with Gasteiger partial charge in [-0.2, -0.15) is 13.2 Å². The van der Waals surface area contributed by atoms with Crippen molar-refractivity contribution >= 4 is 11.9 Å². The molecule has 36 heavy (non-hydrogen) atoms. The Morgan fingerprint density at radius 1 is 1.11 bits per heavy atom. The summed E-state index contributed by atoms with van der Waals surface area (Å²) in [5.74, 6) is 0.381. The number of pyridine rings is 1. The van der Waals surface area contributed by atoms with Gasteiger partial charge in [0.1, 0.15) is 17.1 Å². The van der Waals surface area contributed by atoms with Gasteiger partial charge in [-0.1, -0.05) is 17.3 Å². The zero-order valence-electron chi connectivity index (χ0n) is 20.1. The van der Waals surface area contributed by atoms with Crippen molar-refractivity contribution in [1.29, 1.82) is 0 Å². The van der Waals surface area contributed by atoms with E-state index in [0.29, 0.717) is 17.1 Å². The highest BCUT2D eigenvalue weighted by atomic mass is 19.4. The minimum atomic E-state index is -4.41. The van der Waals surface area contributed by atoms with Gasteiger partial charge in [-0.25, -0.2) is 14.5 Å². The predicted octanol–water partition coefficient (Wildman–Crippen LogP) is 4.32. The number of amides is 1. The molecule has 3 heterocycles. The molecule has 2 N–H and O–H groups in total. The van der Waals surface area contributed by atoms with Gasteiger partial charge in [-0.15, -0.1) is 5.10 Å². The maximum atomic E-state index is 12.9. The van der Waals surface area contributed by atoms with Crippen LogP contribution < -0.4 is 5.73 Å². The van der Waals surface area contributed by atoms with Crippen molar-refractivity contribution in [3.8, 4) is 11.3 Å². The Labute approximate surface area is 206 Å². The molecule has 1 amide bonds. The molecule has 1 aliphatic heterocycles. The molecular weight excluding hydrogens is 477 g/mol. The minimum absolute atomic E-state index is 0.0604.